The van der Waals surface area contributed by atoms with Gasteiger partial charge < -0.3 is 4.74 Å². The molecule has 0 atom stereocenters. The van der Waals surface area contributed by atoms with Crippen molar-refractivity contribution >= 4 is 0 Å². The van der Waals surface area contributed by atoms with Gasteiger partial charge in [0.1, 0.15) is 0 Å². The maximum absolute atomic E-state index is 13.9. The normalized spacial score (nSPS) is 20.5. The zero-order valence-electron chi connectivity index (χ0n) is 15.4. The summed E-state index contributed by atoms with van der Waals surface area (Å²) in [6.07, 6.45) is 2.58. The highest BCUT2D eigenvalue weighted by atomic mass is 19.4. The smallest absolute Gasteiger partial charge is 0.403 e. The highest BCUT2D eigenvalue weighted by Gasteiger charge is 2.32. The second-order valence-corrected chi connectivity index (χ2v) is 7.32. The number of hydrogen-bond acceptors (Lipinski definition) is 1. The highest BCUT2D eigenvalue weighted by molar-refractivity contribution is 5.64. The zero-order chi connectivity index (χ0) is 19.4. The average molecular weight is 380 g/mol. The van der Waals surface area contributed by atoms with Crippen molar-refractivity contribution in [2.45, 2.75) is 57.7 Å². The van der Waals surface area contributed by atoms with Crippen molar-refractivity contribution in [2.24, 2.45) is 5.92 Å². The molecule has 2 aromatic rings. The molecule has 1 fully saturated rings. The Morgan fingerprint density at radius 3 is 2.11 bits per heavy atom. The number of rotatable bonds is 5. The summed E-state index contributed by atoms with van der Waals surface area (Å²) in [4.78, 5) is 0. The Morgan fingerprint density at radius 1 is 0.926 bits per heavy atom. The number of halogens is 4. The molecule has 1 aliphatic carbocycles. The lowest BCUT2D eigenvalue weighted by molar-refractivity contribution is -0.275. The molecule has 1 aliphatic rings. The third kappa shape index (κ3) is 5.24. The molecule has 0 aliphatic heterocycles. The molecule has 0 amide bonds. The number of hydrogen-bond donors (Lipinski definition) is 0. The fraction of sp³-hybridized carbons (Fsp3) is 0.455. The molecule has 0 heterocycles. The second-order valence-electron chi connectivity index (χ2n) is 7.32. The first-order valence-corrected chi connectivity index (χ1v) is 9.51. The van der Waals surface area contributed by atoms with E-state index < -0.39 is 17.9 Å². The molecule has 27 heavy (non-hydrogen) atoms. The van der Waals surface area contributed by atoms with E-state index in [0.717, 1.165) is 23.6 Å². The summed E-state index contributed by atoms with van der Waals surface area (Å²) in [6.45, 7) is 2.23. The van der Waals surface area contributed by atoms with Crippen LogP contribution in [0.25, 0.3) is 11.1 Å². The molecule has 0 N–H and O–H groups in total. The predicted molar refractivity (Wildman–Crippen MR) is 98.1 cm³/mol. The van der Waals surface area contributed by atoms with Gasteiger partial charge in [0, 0.05) is 0 Å². The summed E-state index contributed by atoms with van der Waals surface area (Å²) >= 11 is 0. The summed E-state index contributed by atoms with van der Waals surface area (Å²) in [6, 6.07) is 11.5. The van der Waals surface area contributed by atoms with Crippen LogP contribution in [-0.4, -0.2) is 6.36 Å². The van der Waals surface area contributed by atoms with Crippen LogP contribution in [0.5, 0.6) is 5.75 Å². The van der Waals surface area contributed by atoms with E-state index in [1.54, 1.807) is 0 Å². The second kappa shape index (κ2) is 8.32. The molecule has 0 unspecified atom stereocenters. The van der Waals surface area contributed by atoms with Crippen LogP contribution in [0, 0.1) is 11.7 Å². The Kier molecular flexibility index (Phi) is 6.08. The van der Waals surface area contributed by atoms with Crippen molar-refractivity contribution in [2.75, 3.05) is 0 Å². The fourth-order valence-electron chi connectivity index (χ4n) is 4.03. The van der Waals surface area contributed by atoms with Crippen LogP contribution in [0.2, 0.25) is 0 Å². The van der Waals surface area contributed by atoms with E-state index in [0.29, 0.717) is 11.5 Å². The van der Waals surface area contributed by atoms with Gasteiger partial charge in [0.15, 0.2) is 11.6 Å². The molecule has 0 radical (unpaired) electrons. The van der Waals surface area contributed by atoms with Gasteiger partial charge in [-0.15, -0.1) is 13.2 Å². The molecule has 1 nitrogen and oxygen atoms in total. The van der Waals surface area contributed by atoms with Crippen LogP contribution in [-0.2, 0) is 0 Å². The Hall–Kier alpha value is -2.04. The lowest BCUT2D eigenvalue weighted by atomic mass is 9.77. The summed E-state index contributed by atoms with van der Waals surface area (Å²) in [5, 5.41) is 0. The first-order valence-electron chi connectivity index (χ1n) is 9.51. The zero-order valence-corrected chi connectivity index (χ0v) is 15.4. The Labute approximate surface area is 157 Å². The average Bonchev–Trinajstić information content (AvgIpc) is 2.63. The lowest BCUT2D eigenvalue weighted by Crippen LogP contribution is -2.17. The van der Waals surface area contributed by atoms with Crippen molar-refractivity contribution < 1.29 is 22.3 Å². The molecule has 146 valence electrons. The monoisotopic (exact) mass is 380 g/mol. The van der Waals surface area contributed by atoms with Crippen LogP contribution in [0.3, 0.4) is 0 Å². The summed E-state index contributed by atoms with van der Waals surface area (Å²) < 4.78 is 54.3. The van der Waals surface area contributed by atoms with Gasteiger partial charge in [-0.05, 0) is 66.3 Å². The fourth-order valence-corrected chi connectivity index (χ4v) is 4.03. The first-order chi connectivity index (χ1) is 12.9. The van der Waals surface area contributed by atoms with Crippen LogP contribution in [0.15, 0.2) is 42.5 Å². The van der Waals surface area contributed by atoms with Gasteiger partial charge in [-0.25, -0.2) is 4.39 Å². The quantitative estimate of drug-likeness (QED) is 0.489. The minimum Gasteiger partial charge on any atom is -0.403 e. The van der Waals surface area contributed by atoms with Crippen molar-refractivity contribution in [3.63, 3.8) is 0 Å². The largest absolute Gasteiger partial charge is 0.573 e. The highest BCUT2D eigenvalue weighted by Crippen LogP contribution is 2.38. The van der Waals surface area contributed by atoms with E-state index in [9.17, 15) is 17.6 Å². The van der Waals surface area contributed by atoms with Gasteiger partial charge in [-0.2, -0.15) is 0 Å². The minimum absolute atomic E-state index is 0.528. The van der Waals surface area contributed by atoms with E-state index >= 15 is 0 Å². The molecule has 0 spiro atoms. The minimum atomic E-state index is -4.90. The van der Waals surface area contributed by atoms with Gasteiger partial charge in [-0.1, -0.05) is 50.1 Å². The van der Waals surface area contributed by atoms with Gasteiger partial charge in [0.2, 0.25) is 0 Å². The van der Waals surface area contributed by atoms with Crippen molar-refractivity contribution in [1.82, 2.24) is 0 Å². The molecule has 5 heteroatoms. The molecule has 3 rings (SSSR count). The number of ether oxygens (including phenoxy) is 1. The van der Waals surface area contributed by atoms with E-state index in [1.165, 1.54) is 50.2 Å². The Morgan fingerprint density at radius 2 is 1.56 bits per heavy atom. The van der Waals surface area contributed by atoms with Crippen LogP contribution in [0.4, 0.5) is 17.6 Å². The standard InChI is InChI=1S/C22H24F4O/c1-2-3-15-4-6-16(7-5-15)17-8-10-18(11-9-17)19-12-13-21(20(23)14-19)27-22(24,25)26/h8-16H,2-7H2,1H3. The molecule has 2 aromatic carbocycles. The maximum atomic E-state index is 13.9. The van der Waals surface area contributed by atoms with Crippen molar-refractivity contribution in [3.05, 3.63) is 53.8 Å². The van der Waals surface area contributed by atoms with Gasteiger partial charge in [0.05, 0.1) is 0 Å². The summed E-state index contributed by atoms with van der Waals surface area (Å²) in [5.74, 6) is -0.424. The van der Waals surface area contributed by atoms with Crippen LogP contribution < -0.4 is 4.74 Å². The molecule has 1 saturated carbocycles. The molecular weight excluding hydrogens is 356 g/mol. The van der Waals surface area contributed by atoms with E-state index in [1.807, 2.05) is 12.1 Å². The third-order valence-electron chi connectivity index (χ3n) is 5.42. The SMILES string of the molecule is CCCC1CCC(c2ccc(-c3ccc(OC(F)(F)F)c(F)c3)cc2)CC1. The first kappa shape index (κ1) is 19.7. The lowest BCUT2D eigenvalue weighted by Gasteiger charge is -2.28. The summed E-state index contributed by atoms with van der Waals surface area (Å²) in [5.41, 5.74) is 2.59. The molecular formula is C22H24F4O. The van der Waals surface area contributed by atoms with Crippen LogP contribution >= 0.6 is 0 Å². The number of alkyl halides is 3. The molecule has 0 bridgehead atoms. The van der Waals surface area contributed by atoms with Crippen molar-refractivity contribution in [3.8, 4) is 16.9 Å². The van der Waals surface area contributed by atoms with E-state index in [-0.39, 0.29) is 0 Å². The van der Waals surface area contributed by atoms with Crippen molar-refractivity contribution in [1.29, 1.82) is 0 Å². The van der Waals surface area contributed by atoms with Gasteiger partial charge in [0.25, 0.3) is 0 Å². The van der Waals surface area contributed by atoms with Gasteiger partial charge >= 0.3 is 6.36 Å². The maximum Gasteiger partial charge on any atom is 0.573 e. The van der Waals surface area contributed by atoms with E-state index in [2.05, 4.69) is 23.8 Å². The van der Waals surface area contributed by atoms with Gasteiger partial charge in [-0.3, -0.25) is 0 Å². The topological polar surface area (TPSA) is 9.23 Å². The molecule has 0 saturated heterocycles. The number of benzene rings is 2. The Bertz CT molecular complexity index is 744. The van der Waals surface area contributed by atoms with E-state index in [4.69, 9.17) is 0 Å². The van der Waals surface area contributed by atoms with Crippen LogP contribution in [0.1, 0.15) is 56.9 Å². The summed E-state index contributed by atoms with van der Waals surface area (Å²) in [7, 11) is 0. The third-order valence-corrected chi connectivity index (χ3v) is 5.42. The predicted octanol–water partition coefficient (Wildman–Crippen LogP) is 7.47. The Balaban J connectivity index is 1.68. The molecule has 0 aromatic heterocycles.